The summed E-state index contributed by atoms with van der Waals surface area (Å²) in [5.41, 5.74) is 7.56. The van der Waals surface area contributed by atoms with E-state index in [2.05, 4.69) is 24.8 Å². The minimum absolute atomic E-state index is 0.310. The fraction of sp³-hybridized carbons (Fsp3) is 0.261. The van der Waals surface area contributed by atoms with Gasteiger partial charge in [0.1, 0.15) is 11.6 Å². The molecule has 31 heavy (non-hydrogen) atoms. The maximum atomic E-state index is 14.4. The van der Waals surface area contributed by atoms with Gasteiger partial charge in [0, 0.05) is 66.5 Å². The third-order valence-corrected chi connectivity index (χ3v) is 5.70. The molecule has 8 heteroatoms. The second-order valence-corrected chi connectivity index (χ2v) is 7.78. The molecule has 0 saturated carbocycles. The van der Waals surface area contributed by atoms with E-state index in [1.54, 1.807) is 12.3 Å². The van der Waals surface area contributed by atoms with Crippen LogP contribution in [0.1, 0.15) is 17.8 Å². The maximum Gasteiger partial charge on any atom is 0.213 e. The third-order valence-electron chi connectivity index (χ3n) is 5.70. The van der Waals surface area contributed by atoms with Gasteiger partial charge in [-0.25, -0.2) is 19.3 Å². The molecule has 7 nitrogen and oxygen atoms in total. The number of anilines is 2. The van der Waals surface area contributed by atoms with Crippen LogP contribution in [-0.2, 0) is 19.5 Å². The number of aromatic nitrogens is 4. The summed E-state index contributed by atoms with van der Waals surface area (Å²) in [6.45, 7) is 2.08. The predicted molar refractivity (Wildman–Crippen MR) is 117 cm³/mol. The number of aryl methyl sites for hydroxylation is 1. The van der Waals surface area contributed by atoms with Gasteiger partial charge in [0.2, 0.25) is 5.88 Å². The Morgan fingerprint density at radius 2 is 2.13 bits per heavy atom. The summed E-state index contributed by atoms with van der Waals surface area (Å²) in [6.07, 6.45) is 8.74. The molecule has 4 aromatic rings. The second-order valence-electron chi connectivity index (χ2n) is 7.78. The summed E-state index contributed by atoms with van der Waals surface area (Å²) in [4.78, 5) is 12.6. The molecule has 0 saturated heterocycles. The van der Waals surface area contributed by atoms with Crippen LogP contribution in [-0.4, -0.2) is 26.1 Å². The summed E-state index contributed by atoms with van der Waals surface area (Å²) in [5, 5.41) is 4.33. The molecule has 1 aromatic carbocycles. The first-order valence-electron chi connectivity index (χ1n) is 10.3. The number of hydrogen-bond acceptors (Lipinski definition) is 6. The van der Waals surface area contributed by atoms with E-state index in [1.807, 2.05) is 36.7 Å². The Balaban J connectivity index is 1.24. The van der Waals surface area contributed by atoms with Crippen LogP contribution in [0.25, 0.3) is 10.8 Å². The lowest BCUT2D eigenvalue weighted by Crippen LogP contribution is -2.24. The summed E-state index contributed by atoms with van der Waals surface area (Å²) in [6, 6.07) is 9.25. The highest BCUT2D eigenvalue weighted by Crippen LogP contribution is 2.29. The number of halogens is 1. The number of benzene rings is 1. The summed E-state index contributed by atoms with van der Waals surface area (Å²) < 4.78 is 22.5. The van der Waals surface area contributed by atoms with Crippen LogP contribution in [0.4, 0.5) is 15.9 Å². The SMILES string of the molecule is Nc1ncc(F)c2c(NCc3ccnc(OCC4CCn5ccnc5C4)c3)cccc12. The van der Waals surface area contributed by atoms with Crippen molar-refractivity contribution in [1.29, 1.82) is 0 Å². The van der Waals surface area contributed by atoms with Gasteiger partial charge in [0.15, 0.2) is 5.82 Å². The normalized spacial score (nSPS) is 15.6. The van der Waals surface area contributed by atoms with E-state index in [1.165, 1.54) is 0 Å². The van der Waals surface area contributed by atoms with Crippen molar-refractivity contribution in [3.8, 4) is 5.88 Å². The van der Waals surface area contributed by atoms with Crippen molar-refractivity contribution >= 4 is 22.3 Å². The Bertz CT molecular complexity index is 1220. The largest absolute Gasteiger partial charge is 0.477 e. The fourth-order valence-electron chi connectivity index (χ4n) is 4.03. The lowest BCUT2D eigenvalue weighted by molar-refractivity contribution is 0.212. The van der Waals surface area contributed by atoms with Crippen LogP contribution in [0.2, 0.25) is 0 Å². The maximum absolute atomic E-state index is 14.4. The highest BCUT2D eigenvalue weighted by atomic mass is 19.1. The number of hydrogen-bond donors (Lipinski definition) is 2. The van der Waals surface area contributed by atoms with E-state index < -0.39 is 5.82 Å². The van der Waals surface area contributed by atoms with Crippen LogP contribution >= 0.6 is 0 Å². The van der Waals surface area contributed by atoms with Crippen molar-refractivity contribution < 1.29 is 9.13 Å². The van der Waals surface area contributed by atoms with E-state index in [0.29, 0.717) is 47.2 Å². The molecule has 1 unspecified atom stereocenters. The fourth-order valence-corrected chi connectivity index (χ4v) is 4.03. The number of imidazole rings is 1. The summed E-state index contributed by atoms with van der Waals surface area (Å²) in [7, 11) is 0. The van der Waals surface area contributed by atoms with Crippen molar-refractivity contribution in [3.63, 3.8) is 0 Å². The lowest BCUT2D eigenvalue weighted by atomic mass is 9.99. The Hall–Kier alpha value is -3.68. The molecule has 3 N–H and O–H groups in total. The Kier molecular flexibility index (Phi) is 5.11. The Morgan fingerprint density at radius 1 is 1.19 bits per heavy atom. The monoisotopic (exact) mass is 418 g/mol. The van der Waals surface area contributed by atoms with Crippen LogP contribution < -0.4 is 15.8 Å². The number of nitrogen functional groups attached to an aromatic ring is 1. The van der Waals surface area contributed by atoms with E-state index in [0.717, 1.165) is 37.0 Å². The van der Waals surface area contributed by atoms with E-state index >= 15 is 0 Å². The molecule has 158 valence electrons. The van der Waals surface area contributed by atoms with Gasteiger partial charge < -0.3 is 20.4 Å². The first-order chi connectivity index (χ1) is 15.2. The number of fused-ring (bicyclic) bond motifs is 2. The average molecular weight is 418 g/mol. The Morgan fingerprint density at radius 3 is 3.06 bits per heavy atom. The van der Waals surface area contributed by atoms with Crippen LogP contribution in [0.15, 0.2) is 55.1 Å². The molecule has 3 aromatic heterocycles. The molecule has 5 rings (SSSR count). The lowest BCUT2D eigenvalue weighted by Gasteiger charge is -2.23. The van der Waals surface area contributed by atoms with Crippen LogP contribution in [0, 0.1) is 11.7 Å². The van der Waals surface area contributed by atoms with Gasteiger partial charge >= 0.3 is 0 Å². The molecule has 1 aliphatic rings. The molecular weight excluding hydrogens is 395 g/mol. The van der Waals surface area contributed by atoms with Crippen molar-refractivity contribution in [1.82, 2.24) is 19.5 Å². The number of ether oxygens (including phenoxy) is 1. The molecule has 0 bridgehead atoms. The van der Waals surface area contributed by atoms with Gasteiger partial charge in [0.25, 0.3) is 0 Å². The molecule has 0 spiro atoms. The number of pyridine rings is 2. The van der Waals surface area contributed by atoms with Gasteiger partial charge in [-0.05, 0) is 24.1 Å². The van der Waals surface area contributed by atoms with Crippen molar-refractivity contribution in [3.05, 3.63) is 72.3 Å². The number of rotatable bonds is 6. The van der Waals surface area contributed by atoms with Crippen LogP contribution in [0.3, 0.4) is 0 Å². The molecular formula is C23H23FN6O. The third kappa shape index (κ3) is 4.01. The predicted octanol–water partition coefficient (Wildman–Crippen LogP) is 3.80. The van der Waals surface area contributed by atoms with Crippen LogP contribution in [0.5, 0.6) is 5.88 Å². The summed E-state index contributed by atoms with van der Waals surface area (Å²) >= 11 is 0. The topological polar surface area (TPSA) is 90.9 Å². The molecule has 0 aliphatic carbocycles. The highest BCUT2D eigenvalue weighted by Gasteiger charge is 2.20. The minimum Gasteiger partial charge on any atom is -0.477 e. The highest BCUT2D eigenvalue weighted by molar-refractivity contribution is 5.99. The van der Waals surface area contributed by atoms with Gasteiger partial charge in [0.05, 0.1) is 12.8 Å². The first kappa shape index (κ1) is 19.3. The molecule has 0 amide bonds. The summed E-state index contributed by atoms with van der Waals surface area (Å²) in [5.74, 6) is 2.04. The first-order valence-corrected chi connectivity index (χ1v) is 10.3. The van der Waals surface area contributed by atoms with Crippen molar-refractivity contribution in [2.24, 2.45) is 5.92 Å². The molecule has 0 radical (unpaired) electrons. The second kappa shape index (κ2) is 8.22. The van der Waals surface area contributed by atoms with Gasteiger partial charge in [-0.3, -0.25) is 0 Å². The average Bonchev–Trinajstić information content (AvgIpc) is 3.27. The van der Waals surface area contributed by atoms with Gasteiger partial charge in [-0.1, -0.05) is 12.1 Å². The van der Waals surface area contributed by atoms with E-state index in [9.17, 15) is 4.39 Å². The van der Waals surface area contributed by atoms with E-state index in [4.69, 9.17) is 10.5 Å². The zero-order valence-corrected chi connectivity index (χ0v) is 17.0. The van der Waals surface area contributed by atoms with Crippen molar-refractivity contribution in [2.75, 3.05) is 17.7 Å². The van der Waals surface area contributed by atoms with Crippen molar-refractivity contribution in [2.45, 2.75) is 25.9 Å². The molecule has 4 heterocycles. The van der Waals surface area contributed by atoms with Gasteiger partial charge in [-0.15, -0.1) is 0 Å². The molecule has 0 fully saturated rings. The minimum atomic E-state index is -0.404. The molecule has 1 atom stereocenters. The Labute approximate surface area is 179 Å². The number of nitrogens with two attached hydrogens (primary N) is 1. The molecule has 1 aliphatic heterocycles. The standard InChI is InChI=1S/C23H23FN6O/c24-18-13-29-23(25)17-2-1-3-19(22(17)18)28-12-15-4-6-27-21(11-15)31-14-16-5-8-30-9-7-26-20(30)10-16/h1-4,6-7,9,11,13,16,28H,5,8,10,12,14H2,(H2,25,29). The van der Waals surface area contributed by atoms with E-state index in [-0.39, 0.29) is 0 Å². The van der Waals surface area contributed by atoms with Gasteiger partial charge in [-0.2, -0.15) is 0 Å². The zero-order chi connectivity index (χ0) is 21.2. The number of nitrogens with one attached hydrogen (secondary N) is 1. The number of nitrogens with zero attached hydrogens (tertiary/aromatic N) is 4. The smallest absolute Gasteiger partial charge is 0.213 e. The zero-order valence-electron chi connectivity index (χ0n) is 17.0. The quantitative estimate of drug-likeness (QED) is 0.495.